The summed E-state index contributed by atoms with van der Waals surface area (Å²) in [6.45, 7) is 6.93. The first kappa shape index (κ1) is 17.4. The maximum atomic E-state index is 12.5. The number of nitrogens with zero attached hydrogens (tertiary/aromatic N) is 7. The van der Waals surface area contributed by atoms with E-state index >= 15 is 0 Å². The van der Waals surface area contributed by atoms with Gasteiger partial charge in [-0.3, -0.25) is 4.40 Å². The zero-order chi connectivity index (χ0) is 19.6. The number of halogens is 1. The molecule has 9 nitrogen and oxygen atoms in total. The van der Waals surface area contributed by atoms with E-state index in [1.807, 2.05) is 30.1 Å². The highest BCUT2D eigenvalue weighted by Crippen LogP contribution is 2.36. The Bertz CT molecular complexity index is 1090. The van der Waals surface area contributed by atoms with Gasteiger partial charge in [0.25, 0.3) is 0 Å². The zero-order valence-corrected chi connectivity index (χ0v) is 16.6. The molecular formula is C18H20ClN7O2. The van der Waals surface area contributed by atoms with Crippen molar-refractivity contribution in [1.82, 2.24) is 29.5 Å². The van der Waals surface area contributed by atoms with Crippen LogP contribution in [0.25, 0.3) is 16.8 Å². The summed E-state index contributed by atoms with van der Waals surface area (Å²) in [5.74, 6) is 0.733. The highest BCUT2D eigenvalue weighted by molar-refractivity contribution is 6.31. The maximum Gasteiger partial charge on any atom is 0.410 e. The molecule has 0 spiro atoms. The van der Waals surface area contributed by atoms with Crippen LogP contribution in [0.15, 0.2) is 18.6 Å². The molecule has 5 rings (SSSR count). The number of hydrogen-bond acceptors (Lipinski definition) is 7. The second kappa shape index (κ2) is 5.91. The van der Waals surface area contributed by atoms with Crippen molar-refractivity contribution in [2.24, 2.45) is 0 Å². The molecule has 28 heavy (non-hydrogen) atoms. The van der Waals surface area contributed by atoms with E-state index in [0.717, 1.165) is 17.8 Å². The largest absolute Gasteiger partial charge is 0.444 e. The van der Waals surface area contributed by atoms with E-state index < -0.39 is 5.60 Å². The van der Waals surface area contributed by atoms with Gasteiger partial charge in [-0.25, -0.2) is 14.8 Å². The van der Waals surface area contributed by atoms with E-state index in [0.29, 0.717) is 29.4 Å². The Kier molecular flexibility index (Phi) is 3.67. The van der Waals surface area contributed by atoms with Crippen LogP contribution >= 0.6 is 11.6 Å². The number of aromatic nitrogens is 5. The van der Waals surface area contributed by atoms with Gasteiger partial charge in [-0.2, -0.15) is 0 Å². The number of pyridine rings is 1. The molecule has 2 fully saturated rings. The van der Waals surface area contributed by atoms with Gasteiger partial charge in [-0.05, 0) is 33.3 Å². The van der Waals surface area contributed by atoms with Gasteiger partial charge in [-0.1, -0.05) is 11.6 Å². The molecule has 3 aromatic rings. The quantitative estimate of drug-likeness (QED) is 0.619. The van der Waals surface area contributed by atoms with Crippen LogP contribution in [-0.4, -0.2) is 66.3 Å². The van der Waals surface area contributed by atoms with E-state index in [2.05, 4.69) is 20.1 Å². The molecule has 0 saturated carbocycles. The molecule has 2 bridgehead atoms. The van der Waals surface area contributed by atoms with Crippen LogP contribution in [0.5, 0.6) is 0 Å². The second-order valence-corrected chi connectivity index (χ2v) is 8.72. The maximum absolute atomic E-state index is 12.5. The lowest BCUT2D eigenvalue weighted by Crippen LogP contribution is -2.50. The van der Waals surface area contributed by atoms with Gasteiger partial charge in [0.05, 0.1) is 22.6 Å². The van der Waals surface area contributed by atoms with Gasteiger partial charge in [0.15, 0.2) is 11.5 Å². The lowest BCUT2D eigenvalue weighted by atomic mass is 10.2. The minimum Gasteiger partial charge on any atom is -0.444 e. The summed E-state index contributed by atoms with van der Waals surface area (Å²) in [6.07, 6.45) is 3.85. The molecule has 2 aliphatic heterocycles. The van der Waals surface area contributed by atoms with Crippen LogP contribution in [-0.2, 0) is 4.74 Å². The van der Waals surface area contributed by atoms with Crippen LogP contribution in [0, 0.1) is 0 Å². The smallest absolute Gasteiger partial charge is 0.410 e. The molecule has 3 aromatic heterocycles. The number of ether oxygens (including phenoxy) is 1. The number of fused-ring (bicyclic) bond motifs is 5. The van der Waals surface area contributed by atoms with Gasteiger partial charge in [-0.15, -0.1) is 10.2 Å². The van der Waals surface area contributed by atoms with Crippen molar-refractivity contribution in [1.29, 1.82) is 0 Å². The van der Waals surface area contributed by atoms with Crippen molar-refractivity contribution in [3.63, 3.8) is 0 Å². The Balaban J connectivity index is 1.47. The summed E-state index contributed by atoms with van der Waals surface area (Å²) in [4.78, 5) is 25.6. The number of rotatable bonds is 1. The average Bonchev–Trinajstić information content (AvgIpc) is 3.34. The van der Waals surface area contributed by atoms with E-state index in [4.69, 9.17) is 21.3 Å². The van der Waals surface area contributed by atoms with E-state index in [1.54, 1.807) is 18.6 Å². The molecule has 2 atom stereocenters. The zero-order valence-electron chi connectivity index (χ0n) is 15.8. The van der Waals surface area contributed by atoms with Crippen molar-refractivity contribution in [2.75, 3.05) is 18.0 Å². The Morgan fingerprint density at radius 3 is 2.82 bits per heavy atom. The highest BCUT2D eigenvalue weighted by Gasteiger charge is 2.47. The first-order chi connectivity index (χ1) is 13.3. The second-order valence-electron chi connectivity index (χ2n) is 8.28. The van der Waals surface area contributed by atoms with E-state index in [9.17, 15) is 4.79 Å². The van der Waals surface area contributed by atoms with Gasteiger partial charge in [0.1, 0.15) is 11.9 Å². The van der Waals surface area contributed by atoms with Crippen LogP contribution < -0.4 is 4.90 Å². The van der Waals surface area contributed by atoms with Gasteiger partial charge in [0, 0.05) is 19.3 Å². The third-order valence-corrected chi connectivity index (χ3v) is 5.38. The molecule has 2 saturated heterocycles. The molecule has 5 heterocycles. The van der Waals surface area contributed by atoms with Gasteiger partial charge >= 0.3 is 6.09 Å². The predicted octanol–water partition coefficient (Wildman–Crippen LogP) is 2.52. The summed E-state index contributed by atoms with van der Waals surface area (Å²) in [5.41, 5.74) is 1.50. The Labute approximate surface area is 166 Å². The van der Waals surface area contributed by atoms with Crippen LogP contribution in [0.3, 0.4) is 0 Å². The summed E-state index contributed by atoms with van der Waals surface area (Å²) in [6, 6.07) is 2.06. The standard InChI is InChI=1S/C18H20ClN7O2/c1-18(2,3)28-17(27)25-8-11-5-12(25)7-24(11)15-16-23-21-9-26(16)13-4-10(19)6-20-14(13)22-15/h4,6,9,11-12H,5,7-8H2,1-3H3. The molecular weight excluding hydrogens is 382 g/mol. The SMILES string of the molecule is CC(C)(C)OC(=O)N1CC2CC1CN2c1nc2ncc(Cl)cc2n2cnnc12. The normalized spacial score (nSPS) is 21.9. The summed E-state index contributed by atoms with van der Waals surface area (Å²) in [5, 5.41) is 8.84. The number of carbonyl (C=O) groups excluding carboxylic acids is 1. The number of likely N-dealkylation sites (tertiary alicyclic amines) is 1. The molecule has 0 radical (unpaired) electrons. The topological polar surface area (TPSA) is 88.8 Å². The first-order valence-corrected chi connectivity index (χ1v) is 9.59. The fourth-order valence-corrected chi connectivity index (χ4v) is 4.21. The van der Waals surface area contributed by atoms with Gasteiger partial charge < -0.3 is 14.5 Å². The number of anilines is 1. The number of piperazine rings is 1. The number of hydrogen-bond donors (Lipinski definition) is 0. The average molecular weight is 402 g/mol. The fraction of sp³-hybridized carbons (Fsp3) is 0.500. The third-order valence-electron chi connectivity index (χ3n) is 5.17. The third kappa shape index (κ3) is 2.72. The van der Waals surface area contributed by atoms with E-state index in [-0.39, 0.29) is 18.2 Å². The van der Waals surface area contributed by atoms with Crippen molar-refractivity contribution < 1.29 is 9.53 Å². The fourth-order valence-electron chi connectivity index (χ4n) is 4.06. The van der Waals surface area contributed by atoms with Crippen LogP contribution in [0.1, 0.15) is 27.2 Å². The van der Waals surface area contributed by atoms with Crippen LogP contribution in [0.4, 0.5) is 10.6 Å². The van der Waals surface area contributed by atoms with Crippen LogP contribution in [0.2, 0.25) is 5.02 Å². The van der Waals surface area contributed by atoms with Crippen molar-refractivity contribution >= 4 is 40.3 Å². The van der Waals surface area contributed by atoms with Crippen molar-refractivity contribution in [3.8, 4) is 0 Å². The number of carbonyl (C=O) groups is 1. The van der Waals surface area contributed by atoms with Crippen molar-refractivity contribution in [3.05, 3.63) is 23.6 Å². The van der Waals surface area contributed by atoms with Crippen molar-refractivity contribution in [2.45, 2.75) is 44.9 Å². The minimum absolute atomic E-state index is 0.0958. The summed E-state index contributed by atoms with van der Waals surface area (Å²) >= 11 is 6.09. The lowest BCUT2D eigenvalue weighted by Gasteiger charge is -2.35. The Hall–Kier alpha value is -2.68. The molecule has 2 aliphatic rings. The predicted molar refractivity (Wildman–Crippen MR) is 104 cm³/mol. The van der Waals surface area contributed by atoms with E-state index in [1.165, 1.54) is 0 Å². The Morgan fingerprint density at radius 1 is 1.29 bits per heavy atom. The summed E-state index contributed by atoms with van der Waals surface area (Å²) in [7, 11) is 0. The first-order valence-electron chi connectivity index (χ1n) is 9.21. The lowest BCUT2D eigenvalue weighted by molar-refractivity contribution is 0.0214. The highest BCUT2D eigenvalue weighted by atomic mass is 35.5. The summed E-state index contributed by atoms with van der Waals surface area (Å²) < 4.78 is 7.40. The molecule has 0 aliphatic carbocycles. The monoisotopic (exact) mass is 401 g/mol. The van der Waals surface area contributed by atoms with Gasteiger partial charge in [0.2, 0.25) is 5.65 Å². The molecule has 146 valence electrons. The Morgan fingerprint density at radius 2 is 2.11 bits per heavy atom. The number of amides is 1. The molecule has 0 N–H and O–H groups in total. The minimum atomic E-state index is -0.501. The molecule has 0 aromatic carbocycles. The molecule has 1 amide bonds. The molecule has 2 unspecified atom stereocenters. The molecule has 10 heteroatoms.